The highest BCUT2D eigenvalue weighted by molar-refractivity contribution is 6.06. The number of hydrogen-bond acceptors (Lipinski definition) is 4. The van der Waals surface area contributed by atoms with Gasteiger partial charge in [0.2, 0.25) is 0 Å². The van der Waals surface area contributed by atoms with E-state index in [9.17, 15) is 14.7 Å². The number of pyridine rings is 1. The van der Waals surface area contributed by atoms with E-state index < -0.39 is 5.97 Å². The first-order valence-electron chi connectivity index (χ1n) is 12.0. The molecule has 0 spiro atoms. The van der Waals surface area contributed by atoms with Gasteiger partial charge in [0.05, 0.1) is 11.1 Å². The fraction of sp³-hybridized carbons (Fsp3) is 0.519. The molecule has 0 bridgehead atoms. The second-order valence-corrected chi connectivity index (χ2v) is 10.2. The van der Waals surface area contributed by atoms with Gasteiger partial charge in [0, 0.05) is 31.2 Å². The first kappa shape index (κ1) is 24.9. The summed E-state index contributed by atoms with van der Waals surface area (Å²) in [5.74, 6) is -1.04. The van der Waals surface area contributed by atoms with Gasteiger partial charge < -0.3 is 10.0 Å². The lowest BCUT2D eigenvalue weighted by Gasteiger charge is -2.31. The third kappa shape index (κ3) is 7.39. The zero-order chi connectivity index (χ0) is 23.8. The number of anilines is 1. The Morgan fingerprint density at radius 1 is 1.00 bits per heavy atom. The molecule has 0 unspecified atom stereocenters. The minimum Gasteiger partial charge on any atom is -0.478 e. The number of carbonyl (C=O) groups is 2. The molecule has 0 saturated heterocycles. The number of carbonyl (C=O) groups excluding carboxylic acids is 1. The summed E-state index contributed by atoms with van der Waals surface area (Å²) >= 11 is 0. The molecular weight excluding hydrogens is 414 g/mol. The van der Waals surface area contributed by atoms with Crippen molar-refractivity contribution in [3.8, 4) is 0 Å². The number of carboxylic acid groups (broad SMARTS) is 1. The molecule has 1 amide bonds. The van der Waals surface area contributed by atoms with Crippen LogP contribution in [0.5, 0.6) is 0 Å². The third-order valence-electron chi connectivity index (χ3n) is 6.20. The molecule has 2 heterocycles. The molecule has 0 aliphatic carbocycles. The highest BCUT2D eigenvalue weighted by Crippen LogP contribution is 2.28. The van der Waals surface area contributed by atoms with Gasteiger partial charge in [-0.25, -0.2) is 4.79 Å². The van der Waals surface area contributed by atoms with Crippen LogP contribution < -0.4 is 4.90 Å². The Morgan fingerprint density at radius 2 is 1.73 bits per heavy atom. The van der Waals surface area contributed by atoms with Gasteiger partial charge in [0.15, 0.2) is 0 Å². The van der Waals surface area contributed by atoms with E-state index in [0.29, 0.717) is 18.7 Å². The van der Waals surface area contributed by atoms with E-state index in [4.69, 9.17) is 0 Å². The van der Waals surface area contributed by atoms with Gasteiger partial charge >= 0.3 is 5.97 Å². The lowest BCUT2D eigenvalue weighted by molar-refractivity contribution is 0.0696. The number of aromatic carboxylic acids is 1. The van der Waals surface area contributed by atoms with Crippen LogP contribution in [0.25, 0.3) is 0 Å². The van der Waals surface area contributed by atoms with Crippen molar-refractivity contribution in [3.05, 3.63) is 59.4 Å². The van der Waals surface area contributed by atoms with Crippen LogP contribution in [-0.4, -0.2) is 46.5 Å². The zero-order valence-corrected chi connectivity index (χ0v) is 20.2. The Kier molecular flexibility index (Phi) is 8.61. The number of nitrogens with zero attached hydrogens (tertiary/aromatic N) is 3. The third-order valence-corrected chi connectivity index (χ3v) is 6.20. The van der Waals surface area contributed by atoms with Crippen molar-refractivity contribution in [2.45, 2.75) is 65.8 Å². The fourth-order valence-corrected chi connectivity index (χ4v) is 4.23. The van der Waals surface area contributed by atoms with Crippen LogP contribution in [0.15, 0.2) is 42.7 Å². The monoisotopic (exact) mass is 451 g/mol. The summed E-state index contributed by atoms with van der Waals surface area (Å²) in [7, 11) is 0. The Hall–Kier alpha value is -2.73. The standard InChI is InChI=1S/C27H37N3O3/c1-27(2,3)13-17-29-15-7-5-4-6-8-16-30(25(31)22-10-9-14-28-19-22)24-12-11-21(26(32)33)18-23(24)20-29/h9-12,14,18-19H,4-8,13,15-17,20H2,1-3H3,(H,32,33). The minimum atomic E-state index is -0.949. The summed E-state index contributed by atoms with van der Waals surface area (Å²) in [5, 5.41) is 9.62. The van der Waals surface area contributed by atoms with Crippen LogP contribution in [0.4, 0.5) is 5.69 Å². The van der Waals surface area contributed by atoms with Crippen LogP contribution in [0.3, 0.4) is 0 Å². The van der Waals surface area contributed by atoms with Gasteiger partial charge in [-0.1, -0.05) is 40.0 Å². The van der Waals surface area contributed by atoms with Gasteiger partial charge in [-0.05, 0) is 73.7 Å². The van der Waals surface area contributed by atoms with Gasteiger partial charge in [0.25, 0.3) is 5.91 Å². The van der Waals surface area contributed by atoms with Gasteiger partial charge in [-0.15, -0.1) is 0 Å². The average Bonchev–Trinajstić information content (AvgIpc) is 2.78. The normalized spacial score (nSPS) is 16.4. The average molecular weight is 452 g/mol. The van der Waals surface area contributed by atoms with Gasteiger partial charge in [-0.2, -0.15) is 0 Å². The number of fused-ring (bicyclic) bond motifs is 1. The SMILES string of the molecule is CC(C)(C)CCN1CCCCCCCN(C(=O)c2cccnc2)c2ccc(C(=O)O)cc2C1. The van der Waals surface area contributed by atoms with Crippen LogP contribution in [0, 0.1) is 5.41 Å². The van der Waals surface area contributed by atoms with Crippen molar-refractivity contribution in [1.29, 1.82) is 0 Å². The molecule has 1 aromatic heterocycles. The molecule has 1 aliphatic heterocycles. The van der Waals surface area contributed by atoms with Crippen LogP contribution in [0.1, 0.15) is 85.6 Å². The first-order valence-corrected chi connectivity index (χ1v) is 12.0. The van der Waals surface area contributed by atoms with Crippen molar-refractivity contribution < 1.29 is 14.7 Å². The Morgan fingerprint density at radius 3 is 2.39 bits per heavy atom. The maximum Gasteiger partial charge on any atom is 0.335 e. The quantitative estimate of drug-likeness (QED) is 0.652. The van der Waals surface area contributed by atoms with Crippen molar-refractivity contribution >= 4 is 17.6 Å². The molecule has 33 heavy (non-hydrogen) atoms. The van der Waals surface area contributed by atoms with E-state index in [0.717, 1.165) is 56.4 Å². The molecule has 0 fully saturated rings. The van der Waals surface area contributed by atoms with Crippen molar-refractivity contribution in [3.63, 3.8) is 0 Å². The number of amides is 1. The zero-order valence-electron chi connectivity index (χ0n) is 20.2. The largest absolute Gasteiger partial charge is 0.478 e. The van der Waals surface area contributed by atoms with Crippen LogP contribution in [-0.2, 0) is 6.54 Å². The first-order chi connectivity index (χ1) is 15.7. The van der Waals surface area contributed by atoms with Crippen molar-refractivity contribution in [2.24, 2.45) is 5.41 Å². The van der Waals surface area contributed by atoms with E-state index in [1.807, 2.05) is 4.90 Å². The molecule has 2 aromatic rings. The highest BCUT2D eigenvalue weighted by Gasteiger charge is 2.23. The van der Waals surface area contributed by atoms with E-state index in [1.165, 1.54) is 6.42 Å². The number of rotatable bonds is 4. The number of carboxylic acids is 1. The van der Waals surface area contributed by atoms with Gasteiger partial charge in [-0.3, -0.25) is 14.7 Å². The molecule has 3 rings (SSSR count). The van der Waals surface area contributed by atoms with Gasteiger partial charge in [0.1, 0.15) is 0 Å². The molecule has 1 N–H and O–H groups in total. The maximum atomic E-state index is 13.5. The molecule has 1 aromatic carbocycles. The molecule has 178 valence electrons. The highest BCUT2D eigenvalue weighted by atomic mass is 16.4. The number of hydrogen-bond donors (Lipinski definition) is 1. The van der Waals surface area contributed by atoms with Crippen LogP contribution in [0.2, 0.25) is 0 Å². The van der Waals surface area contributed by atoms with Crippen LogP contribution >= 0.6 is 0 Å². The Bertz CT molecular complexity index is 937. The predicted molar refractivity (Wildman–Crippen MR) is 132 cm³/mol. The molecule has 0 saturated carbocycles. The van der Waals surface area contributed by atoms with E-state index in [2.05, 4.69) is 30.7 Å². The topological polar surface area (TPSA) is 73.7 Å². The smallest absolute Gasteiger partial charge is 0.335 e. The summed E-state index contributed by atoms with van der Waals surface area (Å²) < 4.78 is 0. The minimum absolute atomic E-state index is 0.0919. The molecule has 6 nitrogen and oxygen atoms in total. The van der Waals surface area contributed by atoms with Crippen molar-refractivity contribution in [2.75, 3.05) is 24.5 Å². The summed E-state index contributed by atoms with van der Waals surface area (Å²) in [5.41, 5.74) is 2.71. The maximum absolute atomic E-state index is 13.5. The lowest BCUT2D eigenvalue weighted by atomic mass is 9.92. The lowest BCUT2D eigenvalue weighted by Crippen LogP contribution is -2.35. The molecule has 0 atom stereocenters. The van der Waals surface area contributed by atoms with E-state index in [1.54, 1.807) is 42.7 Å². The molecular formula is C27H37N3O3. The molecule has 1 aliphatic rings. The van der Waals surface area contributed by atoms with Crippen molar-refractivity contribution in [1.82, 2.24) is 9.88 Å². The number of benzene rings is 1. The Labute approximate surface area is 197 Å². The summed E-state index contributed by atoms with van der Waals surface area (Å²) in [6.45, 7) is 9.88. The summed E-state index contributed by atoms with van der Waals surface area (Å²) in [6.07, 6.45) is 9.76. The summed E-state index contributed by atoms with van der Waals surface area (Å²) in [6, 6.07) is 8.71. The second kappa shape index (κ2) is 11.4. The molecule has 6 heteroatoms. The summed E-state index contributed by atoms with van der Waals surface area (Å²) in [4.78, 5) is 33.6. The predicted octanol–water partition coefficient (Wildman–Crippen LogP) is 5.63. The fourth-order valence-electron chi connectivity index (χ4n) is 4.23. The number of aromatic nitrogens is 1. The van der Waals surface area contributed by atoms with E-state index in [-0.39, 0.29) is 16.9 Å². The van der Waals surface area contributed by atoms with E-state index >= 15 is 0 Å². The molecule has 0 radical (unpaired) electrons. The second-order valence-electron chi connectivity index (χ2n) is 10.2. The Balaban J connectivity index is 2.01.